The summed E-state index contributed by atoms with van der Waals surface area (Å²) in [4.78, 5) is 0. The zero-order valence-electron chi connectivity index (χ0n) is 25.0. The molecular weight excluding hydrogens is 582 g/mol. The van der Waals surface area contributed by atoms with E-state index >= 15 is 0 Å². The highest BCUT2D eigenvalue weighted by molar-refractivity contribution is 7.59. The van der Waals surface area contributed by atoms with E-state index in [0.29, 0.717) is 61.8 Å². The Morgan fingerprint density at radius 3 is 0.795 bits per heavy atom. The lowest BCUT2D eigenvalue weighted by molar-refractivity contribution is 0.473. The van der Waals surface area contributed by atoms with Gasteiger partial charge in [0.25, 0.3) is 0 Å². The minimum atomic E-state index is -3.01. The summed E-state index contributed by atoms with van der Waals surface area (Å²) in [5, 5.41) is 0. The molecule has 5 rings (SSSR count). The lowest BCUT2D eigenvalue weighted by Gasteiger charge is -2.22. The Kier molecular flexibility index (Phi) is 11.3. The molecule has 0 spiro atoms. The third-order valence-corrected chi connectivity index (χ3v) is 12.4. The lowest BCUT2D eigenvalue weighted by Crippen LogP contribution is -2.08. The molecule has 0 heterocycles. The molecule has 0 aliphatic carbocycles. The number of aryl methyl sites for hydroxylation is 4. The molecule has 44 heavy (non-hydrogen) atoms. The van der Waals surface area contributed by atoms with E-state index in [1.165, 1.54) is 0 Å². The van der Waals surface area contributed by atoms with Gasteiger partial charge < -0.3 is 9.05 Å². The van der Waals surface area contributed by atoms with Gasteiger partial charge >= 0.3 is 0 Å². The van der Waals surface area contributed by atoms with Crippen molar-refractivity contribution in [3.8, 4) is 11.5 Å². The van der Waals surface area contributed by atoms with Crippen LogP contribution in [0.5, 0.6) is 11.5 Å². The summed E-state index contributed by atoms with van der Waals surface area (Å²) >= 11 is 0. The molecule has 6 heteroatoms. The molecule has 0 unspecified atom stereocenters. The van der Waals surface area contributed by atoms with Crippen LogP contribution in [0.1, 0.15) is 22.3 Å². The molecule has 0 fully saturated rings. The molecule has 5 aromatic carbocycles. The van der Waals surface area contributed by atoms with Crippen molar-refractivity contribution >= 4 is 14.7 Å². The first-order valence-electron chi connectivity index (χ1n) is 15.3. The largest absolute Gasteiger partial charge is 0.443 e. The highest BCUT2D eigenvalue weighted by atomic mass is 31.2. The molecule has 0 saturated heterocycles. The second-order valence-electron chi connectivity index (χ2n) is 11.1. The van der Waals surface area contributed by atoms with Gasteiger partial charge in [-0.25, -0.2) is 0 Å². The summed E-state index contributed by atoms with van der Waals surface area (Å²) in [6, 6.07) is 47.6. The van der Waals surface area contributed by atoms with E-state index in [2.05, 4.69) is 48.5 Å². The normalized spacial score (nSPS) is 11.6. The van der Waals surface area contributed by atoms with Gasteiger partial charge in [0, 0.05) is 24.6 Å². The summed E-state index contributed by atoms with van der Waals surface area (Å²) in [6.45, 7) is 0. The molecule has 226 valence electrons. The quantitative estimate of drug-likeness (QED) is 0.103. The van der Waals surface area contributed by atoms with Crippen LogP contribution < -0.4 is 9.05 Å². The molecule has 0 aromatic heterocycles. The summed E-state index contributed by atoms with van der Waals surface area (Å²) in [7, 11) is -6.03. The average Bonchev–Trinajstić information content (AvgIpc) is 3.08. The molecule has 4 nitrogen and oxygen atoms in total. The van der Waals surface area contributed by atoms with Gasteiger partial charge in [-0.15, -0.1) is 0 Å². The predicted octanol–water partition coefficient (Wildman–Crippen LogP) is 9.97. The summed E-state index contributed by atoms with van der Waals surface area (Å²) in [5.74, 6) is 1.07. The zero-order chi connectivity index (χ0) is 30.5. The van der Waals surface area contributed by atoms with Crippen molar-refractivity contribution in [2.45, 2.75) is 25.7 Å². The van der Waals surface area contributed by atoms with Crippen LogP contribution in [-0.2, 0) is 34.8 Å². The highest BCUT2D eigenvalue weighted by Crippen LogP contribution is 2.50. The lowest BCUT2D eigenvalue weighted by atomic mass is 10.2. The van der Waals surface area contributed by atoms with Crippen molar-refractivity contribution in [2.75, 3.05) is 24.6 Å². The van der Waals surface area contributed by atoms with Crippen molar-refractivity contribution in [1.82, 2.24) is 0 Å². The number of benzene rings is 5. The maximum atomic E-state index is 14.2. The Morgan fingerprint density at radius 2 is 0.568 bits per heavy atom. The predicted molar refractivity (Wildman–Crippen MR) is 183 cm³/mol. The van der Waals surface area contributed by atoms with E-state index in [-0.39, 0.29) is 0 Å². The van der Waals surface area contributed by atoms with Crippen molar-refractivity contribution < 1.29 is 18.2 Å². The molecule has 5 aromatic rings. The maximum Gasteiger partial charge on any atom is 0.248 e. The van der Waals surface area contributed by atoms with Crippen LogP contribution in [0.3, 0.4) is 0 Å². The minimum absolute atomic E-state index is 0.455. The number of rotatable bonds is 16. The molecule has 0 amide bonds. The first-order chi connectivity index (χ1) is 21.5. The Balaban J connectivity index is 1.27. The zero-order valence-corrected chi connectivity index (χ0v) is 26.8. The fourth-order valence-electron chi connectivity index (χ4n) is 5.13. The molecule has 0 radical (unpaired) electrons. The molecule has 0 bridgehead atoms. The average molecular weight is 623 g/mol. The van der Waals surface area contributed by atoms with Gasteiger partial charge in [0.2, 0.25) is 14.7 Å². The van der Waals surface area contributed by atoms with Crippen LogP contribution in [0.4, 0.5) is 0 Å². The minimum Gasteiger partial charge on any atom is -0.443 e. The van der Waals surface area contributed by atoms with Crippen molar-refractivity contribution in [3.05, 3.63) is 168 Å². The maximum absolute atomic E-state index is 14.2. The van der Waals surface area contributed by atoms with Gasteiger partial charge in [-0.3, -0.25) is 9.13 Å². The van der Waals surface area contributed by atoms with Crippen LogP contribution in [0.15, 0.2) is 146 Å². The Labute approximate surface area is 262 Å². The number of hydrogen-bond donors (Lipinski definition) is 0. The van der Waals surface area contributed by atoms with Gasteiger partial charge in [0.15, 0.2) is 0 Å². The van der Waals surface area contributed by atoms with E-state index in [1.807, 2.05) is 72.8 Å². The molecule has 0 saturated carbocycles. The van der Waals surface area contributed by atoms with Crippen molar-refractivity contribution in [3.63, 3.8) is 0 Å². The Hall–Kier alpha value is -3.84. The van der Waals surface area contributed by atoms with E-state index in [9.17, 15) is 9.13 Å². The van der Waals surface area contributed by atoms with Gasteiger partial charge in [-0.1, -0.05) is 121 Å². The fraction of sp³-hybridized carbons (Fsp3) is 0.211. The summed E-state index contributed by atoms with van der Waals surface area (Å²) < 4.78 is 40.9. The Bertz CT molecular complexity index is 1420. The van der Waals surface area contributed by atoms with Crippen LogP contribution in [0.25, 0.3) is 0 Å². The standard InChI is InChI=1S/C38H40O4P2/c39-43(29-25-33-13-5-1-6-14-33,30-26-34-15-7-2-8-16-34)41-37-21-23-38(24-22-37)42-44(40,31-27-35-17-9-3-10-18-35)32-28-36-19-11-4-12-20-36/h1-24H,25-32H2. The smallest absolute Gasteiger partial charge is 0.248 e. The number of hydrogen-bond acceptors (Lipinski definition) is 4. The fourth-order valence-corrected chi connectivity index (χ4v) is 9.35. The second kappa shape index (κ2) is 15.8. The van der Waals surface area contributed by atoms with Gasteiger partial charge in [-0.05, 0) is 72.2 Å². The van der Waals surface area contributed by atoms with Crippen LogP contribution in [0, 0.1) is 0 Å². The topological polar surface area (TPSA) is 52.6 Å². The molecule has 0 aliphatic rings. The highest BCUT2D eigenvalue weighted by Gasteiger charge is 2.26. The Morgan fingerprint density at radius 1 is 0.341 bits per heavy atom. The van der Waals surface area contributed by atoms with Gasteiger partial charge in [0.05, 0.1) is 0 Å². The van der Waals surface area contributed by atoms with Gasteiger partial charge in [0.1, 0.15) is 11.5 Å². The third kappa shape index (κ3) is 10.1. The SMILES string of the molecule is O=P(CCc1ccccc1)(CCc1ccccc1)Oc1ccc(OP(=O)(CCc2ccccc2)CCc2ccccc2)cc1. The molecule has 0 atom stereocenters. The second-order valence-corrected chi connectivity index (χ2v) is 16.5. The monoisotopic (exact) mass is 622 g/mol. The van der Waals surface area contributed by atoms with E-state index < -0.39 is 14.7 Å². The van der Waals surface area contributed by atoms with E-state index in [1.54, 1.807) is 24.3 Å². The van der Waals surface area contributed by atoms with Crippen molar-refractivity contribution in [1.29, 1.82) is 0 Å². The van der Waals surface area contributed by atoms with E-state index in [4.69, 9.17) is 9.05 Å². The van der Waals surface area contributed by atoms with Crippen molar-refractivity contribution in [2.24, 2.45) is 0 Å². The van der Waals surface area contributed by atoms with Crippen LogP contribution in [-0.4, -0.2) is 24.6 Å². The third-order valence-electron chi connectivity index (χ3n) is 7.70. The first-order valence-corrected chi connectivity index (χ1v) is 19.3. The van der Waals surface area contributed by atoms with E-state index in [0.717, 1.165) is 22.3 Å². The summed E-state index contributed by atoms with van der Waals surface area (Å²) in [5.41, 5.74) is 4.56. The molecular formula is C38H40O4P2. The van der Waals surface area contributed by atoms with Crippen LogP contribution in [0.2, 0.25) is 0 Å². The molecule has 0 aliphatic heterocycles. The van der Waals surface area contributed by atoms with Gasteiger partial charge in [-0.2, -0.15) is 0 Å². The van der Waals surface area contributed by atoms with Crippen LogP contribution >= 0.6 is 14.7 Å². The summed E-state index contributed by atoms with van der Waals surface area (Å²) in [6.07, 6.45) is 4.54. The molecule has 0 N–H and O–H groups in total. The first kappa shape index (κ1) is 31.6.